The molecule has 0 fully saturated rings. The maximum atomic E-state index is 12.1. The predicted octanol–water partition coefficient (Wildman–Crippen LogP) is 3.73. The van der Waals surface area contributed by atoms with E-state index in [1.54, 1.807) is 0 Å². The van der Waals surface area contributed by atoms with Gasteiger partial charge in [0.25, 0.3) is 8.18 Å². The van der Waals surface area contributed by atoms with E-state index in [-0.39, 0.29) is 13.2 Å². The Kier molecular flexibility index (Phi) is 5.53. The van der Waals surface area contributed by atoms with Gasteiger partial charge in [-0.15, -0.1) is 0 Å². The van der Waals surface area contributed by atoms with Crippen LogP contribution in [0.25, 0.3) is 10.9 Å². The zero-order valence-corrected chi connectivity index (χ0v) is 14.5. The monoisotopic (exact) mass is 358 g/mol. The third kappa shape index (κ3) is 4.29. The number of carbonyl (C=O) groups is 1. The van der Waals surface area contributed by atoms with Gasteiger partial charge in [0, 0.05) is 23.6 Å². The van der Waals surface area contributed by atoms with Crippen LogP contribution in [0.5, 0.6) is 0 Å². The Morgan fingerprint density at radius 1 is 1.12 bits per heavy atom. The summed E-state index contributed by atoms with van der Waals surface area (Å²) >= 11 is 0. The number of fused-ring (bicyclic) bond motifs is 1. The van der Waals surface area contributed by atoms with E-state index in [4.69, 9.17) is 4.74 Å². The molecule has 0 spiro atoms. The Balaban J connectivity index is 1.63. The van der Waals surface area contributed by atoms with Crippen molar-refractivity contribution >= 4 is 25.2 Å². The number of ether oxygens (including phenoxy) is 1. The van der Waals surface area contributed by atoms with E-state index in [0.29, 0.717) is 6.42 Å². The van der Waals surface area contributed by atoms with Crippen LogP contribution in [0.1, 0.15) is 11.1 Å². The molecule has 7 heteroatoms. The number of para-hydroxylation sites is 1. The molecule has 25 heavy (non-hydrogen) atoms. The molecular formula is C18H19N2O4P. The van der Waals surface area contributed by atoms with Crippen LogP contribution in [0, 0.1) is 0 Å². The summed E-state index contributed by atoms with van der Waals surface area (Å²) < 4.78 is 17.6. The summed E-state index contributed by atoms with van der Waals surface area (Å²) in [6, 6.07) is 17.0. The zero-order valence-electron chi connectivity index (χ0n) is 13.5. The second-order valence-corrected chi connectivity index (χ2v) is 6.69. The molecule has 3 aromatic rings. The topological polar surface area (TPSA) is 82.6 Å². The van der Waals surface area contributed by atoms with Crippen molar-refractivity contribution < 1.29 is 19.0 Å². The van der Waals surface area contributed by atoms with Gasteiger partial charge in [0.05, 0.1) is 0 Å². The molecule has 1 unspecified atom stereocenters. The van der Waals surface area contributed by atoms with E-state index in [9.17, 15) is 14.3 Å². The lowest BCUT2D eigenvalue weighted by Crippen LogP contribution is -2.27. The molecule has 2 aromatic carbocycles. The fraction of sp³-hybridized carbons (Fsp3) is 0.167. The maximum absolute atomic E-state index is 12.1. The number of carbonyl (C=O) groups excluding carboxylic acids is 1. The fourth-order valence-corrected chi connectivity index (χ4v) is 3.16. The lowest BCUT2D eigenvalue weighted by atomic mass is 10.1. The van der Waals surface area contributed by atoms with Gasteiger partial charge >= 0.3 is 6.09 Å². The van der Waals surface area contributed by atoms with Crippen molar-refractivity contribution in [3.8, 4) is 0 Å². The van der Waals surface area contributed by atoms with Gasteiger partial charge in [0.2, 0.25) is 0 Å². The molecule has 1 atom stereocenters. The van der Waals surface area contributed by atoms with Crippen LogP contribution >= 0.6 is 8.18 Å². The van der Waals surface area contributed by atoms with E-state index in [0.717, 1.165) is 26.7 Å². The highest BCUT2D eigenvalue weighted by atomic mass is 31.1. The first-order valence-electron chi connectivity index (χ1n) is 7.91. The first kappa shape index (κ1) is 17.3. The molecule has 0 saturated heterocycles. The normalized spacial score (nSPS) is 12.0. The second kappa shape index (κ2) is 8.01. The third-order valence-electron chi connectivity index (χ3n) is 3.94. The standard InChI is InChI=1S/C18H19N2O4P/c21-18(24-13-14-6-2-1-3-7-14)20(25(22)23)11-10-15-12-19-17-9-5-4-8-16(15)17/h1-9,12,19,25H,10-11,13H2,(H,22,23). The first-order chi connectivity index (χ1) is 12.1. The maximum Gasteiger partial charge on any atom is 0.417 e. The summed E-state index contributed by atoms with van der Waals surface area (Å²) in [4.78, 5) is 24.8. The van der Waals surface area contributed by atoms with Crippen LogP contribution in [0.4, 0.5) is 4.79 Å². The van der Waals surface area contributed by atoms with Crippen LogP contribution in [-0.2, 0) is 22.3 Å². The third-order valence-corrected chi connectivity index (χ3v) is 4.80. The number of aromatic amines is 1. The van der Waals surface area contributed by atoms with Crippen molar-refractivity contribution in [1.82, 2.24) is 9.65 Å². The predicted molar refractivity (Wildman–Crippen MR) is 96.6 cm³/mol. The number of hydrogen-bond donors (Lipinski definition) is 2. The summed E-state index contributed by atoms with van der Waals surface area (Å²) in [5.41, 5.74) is 2.80. The second-order valence-electron chi connectivity index (χ2n) is 5.58. The Morgan fingerprint density at radius 2 is 1.84 bits per heavy atom. The van der Waals surface area contributed by atoms with Crippen molar-refractivity contribution in [2.45, 2.75) is 13.0 Å². The van der Waals surface area contributed by atoms with Crippen molar-refractivity contribution in [3.05, 3.63) is 71.9 Å². The minimum atomic E-state index is -3.18. The summed E-state index contributed by atoms with van der Waals surface area (Å²) in [5.74, 6) is 0. The number of benzene rings is 2. The summed E-state index contributed by atoms with van der Waals surface area (Å²) in [5, 5.41) is 1.04. The van der Waals surface area contributed by atoms with Gasteiger partial charge in [0.15, 0.2) is 0 Å². The van der Waals surface area contributed by atoms with Gasteiger partial charge in [-0.1, -0.05) is 48.5 Å². The van der Waals surface area contributed by atoms with Gasteiger partial charge in [-0.25, -0.2) is 9.46 Å². The molecule has 1 amide bonds. The highest BCUT2D eigenvalue weighted by Crippen LogP contribution is 2.25. The van der Waals surface area contributed by atoms with Crippen molar-refractivity contribution in [2.24, 2.45) is 0 Å². The SMILES string of the molecule is O=C(OCc1ccccc1)N(CCc1c[nH]c2ccccc12)[PH](=O)O. The molecule has 2 N–H and O–H groups in total. The number of hydrogen-bond acceptors (Lipinski definition) is 3. The Labute approximate surface area is 146 Å². The first-order valence-corrected chi connectivity index (χ1v) is 9.21. The van der Waals surface area contributed by atoms with E-state index in [2.05, 4.69) is 4.98 Å². The highest BCUT2D eigenvalue weighted by Gasteiger charge is 2.20. The van der Waals surface area contributed by atoms with Gasteiger partial charge < -0.3 is 14.6 Å². The Bertz CT molecular complexity index is 879. The lowest BCUT2D eigenvalue weighted by molar-refractivity contribution is 0.117. The van der Waals surface area contributed by atoms with Gasteiger partial charge in [-0.05, 0) is 23.6 Å². The number of aromatic nitrogens is 1. The molecule has 0 aliphatic heterocycles. The van der Waals surface area contributed by atoms with Crippen molar-refractivity contribution in [1.29, 1.82) is 0 Å². The van der Waals surface area contributed by atoms with Gasteiger partial charge in [0.1, 0.15) is 6.61 Å². The lowest BCUT2D eigenvalue weighted by Gasteiger charge is -2.18. The van der Waals surface area contributed by atoms with E-state index in [1.165, 1.54) is 0 Å². The van der Waals surface area contributed by atoms with E-state index >= 15 is 0 Å². The zero-order chi connectivity index (χ0) is 17.6. The minimum Gasteiger partial charge on any atom is -0.444 e. The summed E-state index contributed by atoms with van der Waals surface area (Å²) in [6.07, 6.45) is 1.53. The summed E-state index contributed by atoms with van der Waals surface area (Å²) in [6.45, 7) is 0.183. The molecule has 0 aliphatic rings. The molecule has 0 saturated carbocycles. The largest absolute Gasteiger partial charge is 0.444 e. The molecule has 0 bridgehead atoms. The molecule has 3 rings (SSSR count). The number of rotatable bonds is 6. The molecule has 1 heterocycles. The smallest absolute Gasteiger partial charge is 0.417 e. The van der Waals surface area contributed by atoms with Crippen molar-refractivity contribution in [2.75, 3.05) is 6.54 Å². The molecular weight excluding hydrogens is 339 g/mol. The van der Waals surface area contributed by atoms with Crippen LogP contribution < -0.4 is 0 Å². The van der Waals surface area contributed by atoms with Crippen LogP contribution in [0.15, 0.2) is 60.8 Å². The minimum absolute atomic E-state index is 0.0679. The molecule has 0 radical (unpaired) electrons. The number of amides is 1. The number of nitrogens with one attached hydrogen (secondary N) is 1. The molecule has 0 aliphatic carbocycles. The van der Waals surface area contributed by atoms with E-state index in [1.807, 2.05) is 60.8 Å². The molecule has 6 nitrogen and oxygen atoms in total. The molecule has 1 aromatic heterocycles. The number of H-pyrrole nitrogens is 1. The van der Waals surface area contributed by atoms with Gasteiger partial charge in [-0.3, -0.25) is 4.57 Å². The average molecular weight is 358 g/mol. The Hall–Kier alpha value is -2.56. The van der Waals surface area contributed by atoms with Crippen LogP contribution in [0.3, 0.4) is 0 Å². The quantitative estimate of drug-likeness (QED) is 0.658. The van der Waals surface area contributed by atoms with Crippen LogP contribution in [-0.4, -0.2) is 27.2 Å². The molecule has 130 valence electrons. The van der Waals surface area contributed by atoms with Crippen molar-refractivity contribution in [3.63, 3.8) is 0 Å². The Morgan fingerprint density at radius 3 is 2.60 bits per heavy atom. The van der Waals surface area contributed by atoms with Crippen LogP contribution in [0.2, 0.25) is 0 Å². The van der Waals surface area contributed by atoms with E-state index < -0.39 is 14.3 Å². The average Bonchev–Trinajstić information content (AvgIpc) is 3.04. The highest BCUT2D eigenvalue weighted by molar-refractivity contribution is 7.36. The fourth-order valence-electron chi connectivity index (χ4n) is 2.63. The summed E-state index contributed by atoms with van der Waals surface area (Å²) in [7, 11) is -3.18. The van der Waals surface area contributed by atoms with Gasteiger partial charge in [-0.2, -0.15) is 0 Å². The number of nitrogens with zero attached hydrogens (tertiary/aromatic N) is 1.